The molecule has 0 atom stereocenters. The largest absolute Gasteiger partial charge is 0.354 e. The van der Waals surface area contributed by atoms with Crippen LogP contribution in [0.3, 0.4) is 0 Å². The van der Waals surface area contributed by atoms with E-state index in [1.165, 1.54) is 12.1 Å². The number of benzene rings is 1. The summed E-state index contributed by atoms with van der Waals surface area (Å²) in [5.41, 5.74) is 2.97. The van der Waals surface area contributed by atoms with E-state index in [0.717, 1.165) is 17.1 Å². The predicted octanol–water partition coefficient (Wildman–Crippen LogP) is 3.22. The minimum absolute atomic E-state index is 0.0257. The number of anilines is 2. The predicted molar refractivity (Wildman–Crippen MR) is 74.8 cm³/mol. The fourth-order valence-corrected chi connectivity index (χ4v) is 1.84. The number of hydrogen-bond acceptors (Lipinski definition) is 5. The number of aryl methyl sites for hydroxylation is 2. The van der Waals surface area contributed by atoms with Crippen LogP contribution in [0.25, 0.3) is 0 Å². The Bertz CT molecular complexity index is 720. The van der Waals surface area contributed by atoms with Crippen LogP contribution in [-0.2, 0) is 0 Å². The van der Waals surface area contributed by atoms with Gasteiger partial charge >= 0.3 is 0 Å². The van der Waals surface area contributed by atoms with Crippen LogP contribution < -0.4 is 5.32 Å². The van der Waals surface area contributed by atoms with Crippen molar-refractivity contribution in [1.82, 2.24) is 4.98 Å². The van der Waals surface area contributed by atoms with Gasteiger partial charge in [-0.05, 0) is 38.1 Å². The molecule has 0 bridgehead atoms. The number of nitrogens with zero attached hydrogens (tertiary/aromatic N) is 3. The van der Waals surface area contributed by atoms with E-state index in [0.29, 0.717) is 5.69 Å². The molecular formula is C14H12N4O2. The molecule has 0 saturated carbocycles. The van der Waals surface area contributed by atoms with Crippen molar-refractivity contribution in [1.29, 1.82) is 5.26 Å². The first kappa shape index (κ1) is 13.5. The summed E-state index contributed by atoms with van der Waals surface area (Å²) in [5.74, 6) is 0. The van der Waals surface area contributed by atoms with Gasteiger partial charge in [-0.3, -0.25) is 15.1 Å². The fourth-order valence-electron chi connectivity index (χ4n) is 1.84. The third kappa shape index (κ3) is 2.72. The Labute approximate surface area is 115 Å². The summed E-state index contributed by atoms with van der Waals surface area (Å²) in [4.78, 5) is 14.5. The molecule has 0 spiro atoms. The lowest BCUT2D eigenvalue weighted by atomic mass is 10.1. The molecule has 2 rings (SSSR count). The van der Waals surface area contributed by atoms with Gasteiger partial charge in [-0.2, -0.15) is 5.26 Å². The van der Waals surface area contributed by atoms with Gasteiger partial charge in [-0.15, -0.1) is 0 Å². The molecule has 0 aliphatic heterocycles. The Kier molecular flexibility index (Phi) is 3.62. The van der Waals surface area contributed by atoms with E-state index in [-0.39, 0.29) is 11.3 Å². The fraction of sp³-hybridized carbons (Fsp3) is 0.143. The number of nitro benzene ring substituents is 1. The van der Waals surface area contributed by atoms with Crippen molar-refractivity contribution in [2.24, 2.45) is 0 Å². The van der Waals surface area contributed by atoms with E-state index < -0.39 is 4.92 Å². The maximum atomic E-state index is 10.8. The van der Waals surface area contributed by atoms with Gasteiger partial charge in [-0.1, -0.05) is 0 Å². The number of pyridine rings is 1. The normalized spacial score (nSPS) is 9.85. The SMILES string of the molecule is Cc1ccc(Nc2ccc([N+](=O)[O-])c(C#N)c2)c(C)n1. The van der Waals surface area contributed by atoms with E-state index in [1.54, 1.807) is 6.07 Å². The number of nitriles is 1. The third-order valence-corrected chi connectivity index (χ3v) is 2.82. The first-order valence-corrected chi connectivity index (χ1v) is 5.91. The van der Waals surface area contributed by atoms with E-state index >= 15 is 0 Å². The molecule has 0 aliphatic rings. The summed E-state index contributed by atoms with van der Waals surface area (Å²) in [6, 6.07) is 9.92. The first-order valence-electron chi connectivity index (χ1n) is 5.91. The highest BCUT2D eigenvalue weighted by Gasteiger charge is 2.14. The van der Waals surface area contributed by atoms with Crippen molar-refractivity contribution < 1.29 is 4.92 Å². The lowest BCUT2D eigenvalue weighted by Gasteiger charge is -2.09. The van der Waals surface area contributed by atoms with Crippen LogP contribution in [0, 0.1) is 35.3 Å². The molecule has 1 N–H and O–H groups in total. The van der Waals surface area contributed by atoms with Crippen molar-refractivity contribution in [2.45, 2.75) is 13.8 Å². The molecule has 6 heteroatoms. The minimum Gasteiger partial charge on any atom is -0.354 e. The first-order chi connectivity index (χ1) is 9.51. The Morgan fingerprint density at radius 1 is 1.30 bits per heavy atom. The molecule has 0 fully saturated rings. The van der Waals surface area contributed by atoms with Crippen LogP contribution in [-0.4, -0.2) is 9.91 Å². The van der Waals surface area contributed by atoms with Gasteiger partial charge in [0.2, 0.25) is 0 Å². The van der Waals surface area contributed by atoms with Crippen LogP contribution in [0.4, 0.5) is 17.1 Å². The smallest absolute Gasteiger partial charge is 0.287 e. The summed E-state index contributed by atoms with van der Waals surface area (Å²) < 4.78 is 0. The average molecular weight is 268 g/mol. The summed E-state index contributed by atoms with van der Waals surface area (Å²) in [6.45, 7) is 3.77. The summed E-state index contributed by atoms with van der Waals surface area (Å²) in [5, 5.41) is 22.8. The number of hydrogen-bond donors (Lipinski definition) is 1. The molecular weight excluding hydrogens is 256 g/mol. The van der Waals surface area contributed by atoms with E-state index in [4.69, 9.17) is 5.26 Å². The Morgan fingerprint density at radius 2 is 2.05 bits per heavy atom. The van der Waals surface area contributed by atoms with E-state index in [1.807, 2.05) is 32.0 Å². The van der Waals surface area contributed by atoms with Gasteiger partial charge in [0.25, 0.3) is 5.69 Å². The van der Waals surface area contributed by atoms with Gasteiger partial charge in [-0.25, -0.2) is 0 Å². The quantitative estimate of drug-likeness (QED) is 0.681. The summed E-state index contributed by atoms with van der Waals surface area (Å²) in [6.07, 6.45) is 0. The summed E-state index contributed by atoms with van der Waals surface area (Å²) in [7, 11) is 0. The molecule has 100 valence electrons. The topological polar surface area (TPSA) is 91.9 Å². The van der Waals surface area contributed by atoms with Crippen LogP contribution in [0.15, 0.2) is 30.3 Å². The van der Waals surface area contributed by atoms with Crippen LogP contribution in [0.5, 0.6) is 0 Å². The van der Waals surface area contributed by atoms with Crippen molar-refractivity contribution in [2.75, 3.05) is 5.32 Å². The lowest BCUT2D eigenvalue weighted by Crippen LogP contribution is -1.98. The molecule has 1 aromatic carbocycles. The molecule has 0 aliphatic carbocycles. The second-order valence-corrected chi connectivity index (χ2v) is 4.31. The molecule has 0 amide bonds. The maximum absolute atomic E-state index is 10.8. The zero-order valence-electron chi connectivity index (χ0n) is 11.0. The van der Waals surface area contributed by atoms with Crippen molar-refractivity contribution in [3.05, 3.63) is 57.4 Å². The highest BCUT2D eigenvalue weighted by Crippen LogP contribution is 2.25. The van der Waals surface area contributed by atoms with Crippen molar-refractivity contribution >= 4 is 17.1 Å². The number of rotatable bonds is 3. The molecule has 20 heavy (non-hydrogen) atoms. The molecule has 1 aromatic heterocycles. The third-order valence-electron chi connectivity index (χ3n) is 2.82. The molecule has 0 unspecified atom stereocenters. The Balaban J connectivity index is 2.35. The molecule has 0 saturated heterocycles. The second-order valence-electron chi connectivity index (χ2n) is 4.31. The van der Waals surface area contributed by atoms with Crippen LogP contribution >= 0.6 is 0 Å². The zero-order valence-corrected chi connectivity index (χ0v) is 11.0. The Hall–Kier alpha value is -2.94. The van der Waals surface area contributed by atoms with Crippen molar-refractivity contribution in [3.63, 3.8) is 0 Å². The molecule has 2 aromatic rings. The highest BCUT2D eigenvalue weighted by atomic mass is 16.6. The highest BCUT2D eigenvalue weighted by molar-refractivity contribution is 5.66. The van der Waals surface area contributed by atoms with Gasteiger partial charge in [0.05, 0.1) is 16.3 Å². The monoisotopic (exact) mass is 268 g/mol. The van der Waals surface area contributed by atoms with Gasteiger partial charge in [0.1, 0.15) is 11.6 Å². The maximum Gasteiger partial charge on any atom is 0.287 e. The van der Waals surface area contributed by atoms with Crippen molar-refractivity contribution in [3.8, 4) is 6.07 Å². The van der Waals surface area contributed by atoms with Crippen LogP contribution in [0.1, 0.15) is 17.0 Å². The summed E-state index contributed by atoms with van der Waals surface area (Å²) >= 11 is 0. The standard InChI is InChI=1S/C14H12N4O2/c1-9-3-5-13(10(2)16-9)17-12-4-6-14(18(19)20)11(7-12)8-15/h3-7,17H,1-2H3. The zero-order chi connectivity index (χ0) is 14.7. The number of aromatic nitrogens is 1. The molecule has 6 nitrogen and oxygen atoms in total. The average Bonchev–Trinajstić information content (AvgIpc) is 2.41. The minimum atomic E-state index is -0.568. The lowest BCUT2D eigenvalue weighted by molar-refractivity contribution is -0.385. The number of nitro groups is 1. The van der Waals surface area contributed by atoms with Gasteiger partial charge < -0.3 is 5.32 Å². The molecule has 1 heterocycles. The second kappa shape index (κ2) is 5.36. The van der Waals surface area contributed by atoms with Crippen LogP contribution in [0.2, 0.25) is 0 Å². The van der Waals surface area contributed by atoms with E-state index in [9.17, 15) is 10.1 Å². The van der Waals surface area contributed by atoms with Gasteiger partial charge in [0, 0.05) is 17.4 Å². The Morgan fingerprint density at radius 3 is 2.65 bits per heavy atom. The number of nitrogens with one attached hydrogen (secondary N) is 1. The van der Waals surface area contributed by atoms with E-state index in [2.05, 4.69) is 10.3 Å². The molecule has 0 radical (unpaired) electrons. The van der Waals surface area contributed by atoms with Gasteiger partial charge in [0.15, 0.2) is 0 Å².